The van der Waals surface area contributed by atoms with Gasteiger partial charge in [0.25, 0.3) is 0 Å². The van der Waals surface area contributed by atoms with Crippen LogP contribution in [0.15, 0.2) is 11.6 Å². The Hall–Kier alpha value is -2.28. The third-order valence-electron chi connectivity index (χ3n) is 23.4. The highest BCUT2D eigenvalue weighted by molar-refractivity contribution is 5.80. The lowest BCUT2D eigenvalue weighted by Crippen LogP contribution is -2.71. The molecule has 0 aromatic rings. The summed E-state index contributed by atoms with van der Waals surface area (Å²) < 4.78 is 59.3. The number of allylic oxidation sites excluding steroid dienone is 2. The van der Waals surface area contributed by atoms with E-state index in [4.69, 9.17) is 47.4 Å². The second-order valence-electron chi connectivity index (χ2n) is 28.9. The molecular formula is C60H96O28. The normalized spacial score (nSPS) is 52.5. The van der Waals surface area contributed by atoms with Crippen molar-refractivity contribution in [2.24, 2.45) is 56.2 Å². The Balaban J connectivity index is 0.883. The number of aliphatic hydroxyl groups excluding tert-OH is 15. The predicted molar refractivity (Wildman–Crippen MR) is 294 cm³/mol. The van der Waals surface area contributed by atoms with Crippen molar-refractivity contribution >= 4 is 11.9 Å². The average molecular weight is 1270 g/mol. The first-order valence-corrected chi connectivity index (χ1v) is 31.1. The lowest BCUT2D eigenvalue weighted by atomic mass is 9.33. The van der Waals surface area contributed by atoms with Crippen LogP contribution in [0.5, 0.6) is 0 Å². The number of hydrogen-bond donors (Lipinski definition) is 16. The lowest BCUT2D eigenvalue weighted by Gasteiger charge is -2.72. The minimum atomic E-state index is -2.10. The maximum atomic E-state index is 15.6. The summed E-state index contributed by atoms with van der Waals surface area (Å²) in [6.45, 7) is 8.78. The fraction of sp³-hybridized carbons (Fsp3) is 0.933. The summed E-state index contributed by atoms with van der Waals surface area (Å²) in [6.07, 6.45) is -30.3. The van der Waals surface area contributed by atoms with Gasteiger partial charge in [-0.25, -0.2) is 0 Å². The highest BCUT2D eigenvalue weighted by atomic mass is 16.8. The van der Waals surface area contributed by atoms with Crippen molar-refractivity contribution < 1.29 is 139 Å². The van der Waals surface area contributed by atoms with Gasteiger partial charge in [-0.1, -0.05) is 46.3 Å². The molecule has 4 heterocycles. The fourth-order valence-electron chi connectivity index (χ4n) is 18.2. The van der Waals surface area contributed by atoms with Gasteiger partial charge < -0.3 is 129 Å². The van der Waals surface area contributed by atoms with E-state index in [0.717, 1.165) is 12.5 Å². The third kappa shape index (κ3) is 11.1. The topological polar surface area (TPSA) is 450 Å². The van der Waals surface area contributed by atoms with Crippen molar-refractivity contribution in [1.82, 2.24) is 0 Å². The molecule has 28 nitrogen and oxygen atoms in total. The molecule has 5 saturated carbocycles. The van der Waals surface area contributed by atoms with Gasteiger partial charge in [-0.05, 0) is 104 Å². The van der Waals surface area contributed by atoms with Crippen LogP contribution in [0.1, 0.15) is 106 Å². The second-order valence-corrected chi connectivity index (χ2v) is 28.9. The van der Waals surface area contributed by atoms with Gasteiger partial charge in [0, 0.05) is 24.9 Å². The van der Waals surface area contributed by atoms with Gasteiger partial charge in [0.15, 0.2) is 31.1 Å². The summed E-state index contributed by atoms with van der Waals surface area (Å²) in [6, 6.07) is 0. The Kier molecular flexibility index (Phi) is 19.6. The average Bonchev–Trinajstić information content (AvgIpc) is 0.764. The third-order valence-corrected chi connectivity index (χ3v) is 23.4. The molecule has 504 valence electrons. The number of carbonyl (C=O) groups excluding carboxylic acids is 2. The molecule has 0 bridgehead atoms. The summed E-state index contributed by atoms with van der Waals surface area (Å²) in [5.74, 6) is -3.96. The van der Waals surface area contributed by atoms with Gasteiger partial charge in [0.05, 0.1) is 76.3 Å². The fourth-order valence-corrected chi connectivity index (χ4v) is 18.2. The summed E-state index contributed by atoms with van der Waals surface area (Å²) in [5.41, 5.74) is -6.78. The van der Waals surface area contributed by atoms with E-state index in [0.29, 0.717) is 32.1 Å². The zero-order valence-electron chi connectivity index (χ0n) is 51.0. The van der Waals surface area contributed by atoms with Crippen LogP contribution in [0.2, 0.25) is 0 Å². The molecule has 28 heteroatoms. The Labute approximate surface area is 510 Å². The van der Waals surface area contributed by atoms with E-state index in [-0.39, 0.29) is 37.0 Å². The molecule has 0 aromatic carbocycles. The van der Waals surface area contributed by atoms with Crippen LogP contribution < -0.4 is 0 Å². The van der Waals surface area contributed by atoms with Crippen LogP contribution in [0.3, 0.4) is 0 Å². The minimum Gasteiger partial charge on any atom is -0.457 e. The summed E-state index contributed by atoms with van der Waals surface area (Å²) in [5, 5.41) is 178. The number of hydrogen-bond acceptors (Lipinski definition) is 28. The molecule has 0 amide bonds. The molecule has 9 fully saturated rings. The van der Waals surface area contributed by atoms with Gasteiger partial charge in [-0.2, -0.15) is 0 Å². The largest absolute Gasteiger partial charge is 0.457 e. The molecule has 10 aliphatic rings. The lowest BCUT2D eigenvalue weighted by molar-refractivity contribution is -0.372. The maximum Gasteiger partial charge on any atom is 0.317 e. The smallest absolute Gasteiger partial charge is 0.317 e. The number of fused-ring (bicyclic) bond motifs is 7. The molecule has 0 spiro atoms. The predicted octanol–water partition coefficient (Wildman–Crippen LogP) is -4.14. The summed E-state index contributed by atoms with van der Waals surface area (Å²) >= 11 is 0. The maximum absolute atomic E-state index is 15.6. The first-order chi connectivity index (χ1) is 41.3. The molecule has 4 aliphatic heterocycles. The van der Waals surface area contributed by atoms with Crippen molar-refractivity contribution in [3.05, 3.63) is 11.6 Å². The number of ether oxygens (including phenoxy) is 10. The van der Waals surface area contributed by atoms with Crippen molar-refractivity contribution in [3.63, 3.8) is 0 Å². The standard InChI is InChI=1S/C60H96O28/c1-25-43(85-49-41(74)44(32(68)20-79-49)86-52-47(76)59(78,23-64)24-81-52)45(83-26(2)65)42(75)50(82-25)87-46-38(71)31(67)19-80-51(46)88-53(77)60-13-12-54(3,4)15-29(60)28-8-9-34-55(5)16-30(66)48(84-33-14-27(18-61)37(70)40(73)39(33)72)58(21-62,22-63)35(55)10-11-56(34,6)57(28,7)17-36(60)69/h8,25,27,29-52,61-64,66-76,78H,9-24H2,1-7H3. The quantitative estimate of drug-likeness (QED) is 0.0547. The second kappa shape index (κ2) is 25.1. The molecule has 16 N–H and O–H groups in total. The molecule has 6 aliphatic carbocycles. The molecule has 10 rings (SSSR count). The Morgan fingerprint density at radius 2 is 1.27 bits per heavy atom. The molecule has 4 saturated heterocycles. The first-order valence-electron chi connectivity index (χ1n) is 31.1. The summed E-state index contributed by atoms with van der Waals surface area (Å²) in [4.78, 5) is 28.2. The van der Waals surface area contributed by atoms with E-state index in [1.807, 2.05) is 0 Å². The molecular weight excluding hydrogens is 1170 g/mol. The van der Waals surface area contributed by atoms with Crippen molar-refractivity contribution in [3.8, 4) is 0 Å². The highest BCUT2D eigenvalue weighted by Crippen LogP contribution is 2.76. The Morgan fingerprint density at radius 3 is 1.92 bits per heavy atom. The molecule has 88 heavy (non-hydrogen) atoms. The zero-order valence-corrected chi connectivity index (χ0v) is 51.0. The van der Waals surface area contributed by atoms with Gasteiger partial charge in [-0.15, -0.1) is 0 Å². The molecule has 31 atom stereocenters. The van der Waals surface area contributed by atoms with Crippen LogP contribution >= 0.6 is 0 Å². The van der Waals surface area contributed by atoms with Crippen LogP contribution in [-0.4, -0.2) is 281 Å². The van der Waals surface area contributed by atoms with E-state index in [1.54, 1.807) is 0 Å². The Morgan fingerprint density at radius 1 is 0.625 bits per heavy atom. The van der Waals surface area contributed by atoms with E-state index in [1.165, 1.54) is 6.92 Å². The number of aliphatic hydroxyl groups is 16. The SMILES string of the molecule is CC(=O)OC1C(O)C(OC2C(OC(=O)C34CCC(C)(C)CC3C3=CCC5C6(C)CC(O)C(OC7CC(CO)C(O)C(O)C7O)C(CO)(CO)C6CCC5(C)C3(C)CC4O)OCC(O)C2O)OC(C)C1OC1OCC(O)C(OC2OCC(O)(CO)C2O)C1O. The van der Waals surface area contributed by atoms with Crippen LogP contribution in [0.4, 0.5) is 0 Å². The van der Waals surface area contributed by atoms with E-state index < -0.39 is 244 Å². The monoisotopic (exact) mass is 1260 g/mol. The Bertz CT molecular complexity index is 2500. The van der Waals surface area contributed by atoms with Gasteiger partial charge >= 0.3 is 11.9 Å². The summed E-state index contributed by atoms with van der Waals surface area (Å²) in [7, 11) is 0. The van der Waals surface area contributed by atoms with Gasteiger partial charge in [0.1, 0.15) is 72.1 Å². The van der Waals surface area contributed by atoms with E-state index >= 15 is 4.79 Å². The number of carbonyl (C=O) groups is 2. The van der Waals surface area contributed by atoms with Crippen molar-refractivity contribution in [1.29, 1.82) is 0 Å². The number of esters is 2. The highest BCUT2D eigenvalue weighted by Gasteiger charge is 2.74. The number of rotatable bonds is 15. The van der Waals surface area contributed by atoms with Crippen LogP contribution in [0.25, 0.3) is 0 Å². The van der Waals surface area contributed by atoms with Gasteiger partial charge in [0.2, 0.25) is 6.29 Å². The van der Waals surface area contributed by atoms with E-state index in [2.05, 4.69) is 40.7 Å². The zero-order chi connectivity index (χ0) is 64.3. The van der Waals surface area contributed by atoms with Crippen LogP contribution in [0, 0.1) is 56.2 Å². The first kappa shape index (κ1) is 68.6. The molecule has 0 radical (unpaired) electrons. The molecule has 31 unspecified atom stereocenters. The van der Waals surface area contributed by atoms with Crippen molar-refractivity contribution in [2.75, 3.05) is 46.2 Å². The van der Waals surface area contributed by atoms with E-state index in [9.17, 15) is 86.5 Å². The van der Waals surface area contributed by atoms with Gasteiger partial charge in [-0.3, -0.25) is 9.59 Å². The van der Waals surface area contributed by atoms with Crippen LogP contribution in [-0.2, 0) is 57.0 Å². The minimum absolute atomic E-state index is 0.0629. The molecule has 0 aromatic heterocycles. The van der Waals surface area contributed by atoms with Crippen molar-refractivity contribution in [2.45, 2.75) is 247 Å².